The van der Waals surface area contributed by atoms with Crippen molar-refractivity contribution in [1.29, 1.82) is 0 Å². The minimum Gasteiger partial charge on any atom is -0.388 e. The molecule has 6 nitrogen and oxygen atoms in total. The quantitative estimate of drug-likeness (QED) is 0.219. The molecule has 24 heavy (non-hydrogen) atoms. The fourth-order valence-electron chi connectivity index (χ4n) is 2.88. The van der Waals surface area contributed by atoms with Crippen LogP contribution in [0.4, 0.5) is 0 Å². The molecular formula is C18H36N4O2. The van der Waals surface area contributed by atoms with E-state index in [-0.39, 0.29) is 29.7 Å². The zero-order chi connectivity index (χ0) is 18.7. The summed E-state index contributed by atoms with van der Waals surface area (Å²) in [6.07, 6.45) is 2.52. The zero-order valence-corrected chi connectivity index (χ0v) is 15.9. The number of hydrogen-bond acceptors (Lipinski definition) is 5. The molecule has 0 saturated heterocycles. The van der Waals surface area contributed by atoms with Gasteiger partial charge in [0.15, 0.2) is 0 Å². The molecule has 0 aliphatic heterocycles. The Balaban J connectivity index is 4.49. The summed E-state index contributed by atoms with van der Waals surface area (Å²) in [7, 11) is 0. The van der Waals surface area contributed by atoms with E-state index in [0.29, 0.717) is 31.7 Å². The average Bonchev–Trinajstić information content (AvgIpc) is 2.50. The molecule has 0 aliphatic carbocycles. The number of carbonyl (C=O) groups is 2. The summed E-state index contributed by atoms with van der Waals surface area (Å²) in [5.41, 5.74) is 3.72. The van der Waals surface area contributed by atoms with E-state index in [1.54, 1.807) is 0 Å². The molecule has 0 radical (unpaired) electrons. The number of carbonyl (C=O) groups excluding carboxylic acids is 2. The Morgan fingerprint density at radius 1 is 1.12 bits per heavy atom. The Bertz CT molecular complexity index is 398. The van der Waals surface area contributed by atoms with Gasteiger partial charge in [0.2, 0.25) is 6.41 Å². The van der Waals surface area contributed by atoms with Crippen molar-refractivity contribution >= 4 is 12.2 Å². The van der Waals surface area contributed by atoms with Crippen LogP contribution in [0.15, 0.2) is 12.3 Å². The molecule has 0 bridgehead atoms. The average molecular weight is 341 g/mol. The lowest BCUT2D eigenvalue weighted by Gasteiger charge is -2.32. The smallest absolute Gasteiger partial charge is 0.207 e. The fourth-order valence-corrected chi connectivity index (χ4v) is 2.88. The van der Waals surface area contributed by atoms with Crippen molar-refractivity contribution in [3.05, 3.63) is 12.3 Å². The predicted octanol–water partition coefficient (Wildman–Crippen LogP) is 1.72. The highest BCUT2D eigenvalue weighted by Gasteiger charge is 2.28. The second kappa shape index (κ2) is 12.0. The molecule has 0 aromatic heterocycles. The highest BCUT2D eigenvalue weighted by Crippen LogP contribution is 2.23. The van der Waals surface area contributed by atoms with E-state index in [9.17, 15) is 9.59 Å². The summed E-state index contributed by atoms with van der Waals surface area (Å²) >= 11 is 0. The lowest BCUT2D eigenvalue weighted by molar-refractivity contribution is -0.120. The highest BCUT2D eigenvalue weighted by molar-refractivity contribution is 5.79. The van der Waals surface area contributed by atoms with Crippen molar-refractivity contribution in [2.75, 3.05) is 6.54 Å². The van der Waals surface area contributed by atoms with Gasteiger partial charge in [-0.2, -0.15) is 0 Å². The van der Waals surface area contributed by atoms with Crippen molar-refractivity contribution in [3.63, 3.8) is 0 Å². The Kier molecular flexibility index (Phi) is 11.3. The molecule has 0 aromatic carbocycles. The van der Waals surface area contributed by atoms with Gasteiger partial charge in [0.05, 0.1) is 0 Å². The second-order valence-electron chi connectivity index (χ2n) is 7.17. The number of Topliss-reactive ketones (excluding diaryl/α,β-unsaturated/α-hetero) is 1. The molecule has 0 aliphatic rings. The summed E-state index contributed by atoms with van der Waals surface area (Å²) in [4.78, 5) is 23.0. The van der Waals surface area contributed by atoms with Gasteiger partial charge in [0.1, 0.15) is 5.78 Å². The molecule has 140 valence electrons. The van der Waals surface area contributed by atoms with E-state index in [2.05, 4.69) is 36.5 Å². The van der Waals surface area contributed by atoms with Gasteiger partial charge in [-0.05, 0) is 38.0 Å². The van der Waals surface area contributed by atoms with E-state index in [1.165, 1.54) is 0 Å². The van der Waals surface area contributed by atoms with Crippen LogP contribution in [0, 0.1) is 17.8 Å². The number of nitrogens with one attached hydrogen (secondary N) is 3. The molecule has 6 heteroatoms. The maximum atomic E-state index is 12.3. The normalized spacial score (nSPS) is 16.1. The van der Waals surface area contributed by atoms with Gasteiger partial charge in [-0.15, -0.1) is 0 Å². The van der Waals surface area contributed by atoms with Crippen molar-refractivity contribution in [3.8, 4) is 0 Å². The van der Waals surface area contributed by atoms with Crippen LogP contribution >= 0.6 is 0 Å². The minimum absolute atomic E-state index is 0.0104. The molecule has 1 amide bonds. The lowest BCUT2D eigenvalue weighted by atomic mass is 9.80. The number of allylic oxidation sites excluding steroid dienone is 1. The zero-order valence-electron chi connectivity index (χ0n) is 15.9. The van der Waals surface area contributed by atoms with Crippen LogP contribution in [0.3, 0.4) is 0 Å². The molecule has 4 unspecified atom stereocenters. The number of amides is 1. The van der Waals surface area contributed by atoms with Crippen LogP contribution in [0.1, 0.15) is 53.9 Å². The molecule has 0 saturated carbocycles. The Morgan fingerprint density at radius 3 is 2.25 bits per heavy atom. The van der Waals surface area contributed by atoms with Gasteiger partial charge in [-0.25, -0.2) is 0 Å². The van der Waals surface area contributed by atoms with Crippen molar-refractivity contribution in [2.24, 2.45) is 23.6 Å². The van der Waals surface area contributed by atoms with Crippen molar-refractivity contribution in [1.82, 2.24) is 16.1 Å². The topological polar surface area (TPSA) is 96.2 Å². The van der Waals surface area contributed by atoms with Crippen LogP contribution in [0.25, 0.3) is 0 Å². The molecule has 5 N–H and O–H groups in total. The van der Waals surface area contributed by atoms with E-state index < -0.39 is 0 Å². The monoisotopic (exact) mass is 340 g/mol. The summed E-state index contributed by atoms with van der Waals surface area (Å²) < 4.78 is 0. The van der Waals surface area contributed by atoms with Crippen LogP contribution < -0.4 is 21.9 Å². The van der Waals surface area contributed by atoms with E-state index in [4.69, 9.17) is 5.84 Å². The number of ketones is 1. The predicted molar refractivity (Wildman–Crippen MR) is 98.9 cm³/mol. The number of hydrogen-bond donors (Lipinski definition) is 4. The van der Waals surface area contributed by atoms with Gasteiger partial charge in [0.25, 0.3) is 0 Å². The van der Waals surface area contributed by atoms with E-state index in [1.807, 2.05) is 20.8 Å². The third-order valence-corrected chi connectivity index (χ3v) is 4.60. The molecule has 0 rings (SSSR count). The number of rotatable bonds is 14. The first-order valence-corrected chi connectivity index (χ1v) is 8.82. The molecule has 0 fully saturated rings. The lowest BCUT2D eigenvalue weighted by Crippen LogP contribution is -2.46. The van der Waals surface area contributed by atoms with Gasteiger partial charge in [-0.1, -0.05) is 27.4 Å². The largest absolute Gasteiger partial charge is 0.388 e. The first kappa shape index (κ1) is 22.6. The molecular weight excluding hydrogens is 304 g/mol. The first-order chi connectivity index (χ1) is 11.2. The fraction of sp³-hybridized carbons (Fsp3) is 0.778. The first-order valence-electron chi connectivity index (χ1n) is 8.82. The summed E-state index contributed by atoms with van der Waals surface area (Å²) in [6, 6.07) is -0.0243. The van der Waals surface area contributed by atoms with Crippen LogP contribution in [0.5, 0.6) is 0 Å². The molecule has 0 aromatic rings. The molecule has 0 heterocycles. The van der Waals surface area contributed by atoms with Crippen LogP contribution in [-0.4, -0.2) is 30.8 Å². The van der Waals surface area contributed by atoms with Gasteiger partial charge < -0.3 is 10.6 Å². The molecule has 0 spiro atoms. The van der Waals surface area contributed by atoms with E-state index in [0.717, 1.165) is 12.1 Å². The standard InChI is InChI=1S/C18H36N4O2/c1-12(2)9-13(3)20-8-7-17(24)10-18(16(6)22-19)14(4)15(5)21-11-23/h11-12,14-16,18,20,22H,3,7-10,19H2,1-2,4-6H3,(H,21,23). The van der Waals surface area contributed by atoms with Crippen LogP contribution in [0.2, 0.25) is 0 Å². The summed E-state index contributed by atoms with van der Waals surface area (Å²) in [5, 5.41) is 5.99. The third kappa shape index (κ3) is 9.03. The summed E-state index contributed by atoms with van der Waals surface area (Å²) in [6.45, 7) is 14.8. The maximum Gasteiger partial charge on any atom is 0.207 e. The van der Waals surface area contributed by atoms with Gasteiger partial charge in [0, 0.05) is 37.2 Å². The number of hydrazine groups is 1. The van der Waals surface area contributed by atoms with E-state index >= 15 is 0 Å². The summed E-state index contributed by atoms with van der Waals surface area (Å²) in [5.74, 6) is 6.51. The van der Waals surface area contributed by atoms with Crippen molar-refractivity contribution < 1.29 is 9.59 Å². The molecule has 4 atom stereocenters. The number of nitrogens with two attached hydrogens (primary N) is 1. The Morgan fingerprint density at radius 2 is 1.75 bits per heavy atom. The SMILES string of the molecule is C=C(CC(C)C)NCCC(=O)CC(C(C)NN)C(C)C(C)NC=O. The van der Waals surface area contributed by atoms with Gasteiger partial charge >= 0.3 is 0 Å². The third-order valence-electron chi connectivity index (χ3n) is 4.60. The van der Waals surface area contributed by atoms with Gasteiger partial charge in [-0.3, -0.25) is 20.9 Å². The minimum atomic E-state index is -0.0138. The second-order valence-corrected chi connectivity index (χ2v) is 7.17. The van der Waals surface area contributed by atoms with Crippen LogP contribution in [-0.2, 0) is 9.59 Å². The maximum absolute atomic E-state index is 12.3. The highest BCUT2D eigenvalue weighted by atomic mass is 16.1. The Labute approximate surface area is 147 Å². The van der Waals surface area contributed by atoms with Crippen molar-refractivity contribution in [2.45, 2.75) is 66.0 Å². The Hall–Kier alpha value is -1.40.